The summed E-state index contributed by atoms with van der Waals surface area (Å²) in [7, 11) is -5.13. The number of esters is 2. The van der Waals surface area contributed by atoms with Gasteiger partial charge in [0.1, 0.15) is 43.2 Å². The van der Waals surface area contributed by atoms with Crippen LogP contribution in [0.2, 0.25) is 0 Å². The second-order valence-electron chi connectivity index (χ2n) is 17.0. The molecule has 1 rings (SSSR count). The Morgan fingerprint density at radius 2 is 0.844 bits per heavy atom. The maximum atomic E-state index is 12.8. The van der Waals surface area contributed by atoms with Crippen LogP contribution in [0.3, 0.4) is 0 Å². The number of carbonyl (C=O) groups excluding carboxylic acids is 2. The standard InChI is InChI=1S/C50H87O13P/c1-3-5-7-9-11-13-15-17-19-21-22-23-25-27-29-31-33-35-37-39-44(52)62-42(41-61-64(58,59)63-50-48(56)46(54)45(53)47(55)49(50)57)40-60-43(51)38-36-34-32-30-28-26-24-20-18-16-14-12-10-8-6-4-2/h11,13-14,16-17,19-20,22-24,42,45-50,53-57H,3-10,12,15,18,21,25-41H2,1-2H3,(H,58,59)/b13-11-,16-14-,19-17-,23-22-,24-20-. The van der Waals surface area contributed by atoms with Crippen LogP contribution >= 0.6 is 7.82 Å². The molecule has 1 fully saturated rings. The van der Waals surface area contributed by atoms with E-state index in [1.807, 2.05) is 0 Å². The van der Waals surface area contributed by atoms with E-state index in [0.29, 0.717) is 12.8 Å². The first-order chi connectivity index (χ1) is 30.9. The quantitative estimate of drug-likeness (QED) is 0.0146. The van der Waals surface area contributed by atoms with E-state index in [1.54, 1.807) is 0 Å². The molecule has 0 heterocycles. The molecule has 1 aliphatic rings. The van der Waals surface area contributed by atoms with Gasteiger partial charge in [-0.3, -0.25) is 18.6 Å². The average Bonchev–Trinajstić information content (AvgIpc) is 3.28. The third-order valence-electron chi connectivity index (χ3n) is 11.1. The molecule has 370 valence electrons. The first-order valence-electron chi connectivity index (χ1n) is 24.6. The molecule has 0 spiro atoms. The minimum atomic E-state index is -5.13. The van der Waals surface area contributed by atoms with Crippen LogP contribution in [-0.2, 0) is 32.7 Å². The van der Waals surface area contributed by atoms with Crippen LogP contribution in [-0.4, -0.2) is 98.3 Å². The Bertz CT molecular complexity index is 1350. The van der Waals surface area contributed by atoms with Gasteiger partial charge in [-0.25, -0.2) is 4.57 Å². The summed E-state index contributed by atoms with van der Waals surface area (Å²) in [5, 5.41) is 50.2. The lowest BCUT2D eigenvalue weighted by Crippen LogP contribution is -2.64. The molecule has 6 atom stereocenters. The lowest BCUT2D eigenvalue weighted by atomic mass is 9.85. The number of carbonyl (C=O) groups is 2. The molecule has 1 saturated carbocycles. The average molecular weight is 927 g/mol. The topological polar surface area (TPSA) is 210 Å². The molecule has 1 aliphatic carbocycles. The Morgan fingerprint density at radius 1 is 0.484 bits per heavy atom. The molecular formula is C50H87O13P. The van der Waals surface area contributed by atoms with Crippen LogP contribution in [0, 0.1) is 0 Å². The molecule has 0 aromatic carbocycles. The highest BCUT2D eigenvalue weighted by Crippen LogP contribution is 2.47. The van der Waals surface area contributed by atoms with Crippen molar-refractivity contribution < 1.29 is 63.1 Å². The van der Waals surface area contributed by atoms with E-state index >= 15 is 0 Å². The highest BCUT2D eigenvalue weighted by Gasteiger charge is 2.51. The van der Waals surface area contributed by atoms with E-state index in [9.17, 15) is 44.6 Å². The van der Waals surface area contributed by atoms with Crippen molar-refractivity contribution >= 4 is 19.8 Å². The molecule has 6 unspecified atom stereocenters. The van der Waals surface area contributed by atoms with Gasteiger partial charge in [0.05, 0.1) is 6.61 Å². The number of allylic oxidation sites excluding steroid dienone is 10. The second kappa shape index (κ2) is 39.7. The van der Waals surface area contributed by atoms with E-state index in [2.05, 4.69) is 74.6 Å². The highest BCUT2D eigenvalue weighted by atomic mass is 31.2. The molecule has 0 amide bonds. The maximum absolute atomic E-state index is 12.8. The van der Waals surface area contributed by atoms with Gasteiger partial charge in [-0.2, -0.15) is 0 Å². The predicted molar refractivity (Wildman–Crippen MR) is 253 cm³/mol. The summed E-state index contributed by atoms with van der Waals surface area (Å²) in [6.45, 7) is 3.24. The lowest BCUT2D eigenvalue weighted by Gasteiger charge is -2.41. The van der Waals surface area contributed by atoms with Crippen molar-refractivity contribution in [1.29, 1.82) is 0 Å². The zero-order valence-electron chi connectivity index (χ0n) is 39.3. The lowest BCUT2D eigenvalue weighted by molar-refractivity contribution is -0.220. The van der Waals surface area contributed by atoms with Gasteiger partial charge in [0.25, 0.3) is 0 Å². The van der Waals surface area contributed by atoms with Gasteiger partial charge >= 0.3 is 19.8 Å². The van der Waals surface area contributed by atoms with Gasteiger partial charge in [-0.15, -0.1) is 0 Å². The molecule has 14 heteroatoms. The van der Waals surface area contributed by atoms with Crippen molar-refractivity contribution in [2.45, 2.75) is 230 Å². The van der Waals surface area contributed by atoms with Crippen molar-refractivity contribution in [2.24, 2.45) is 0 Å². The van der Waals surface area contributed by atoms with Gasteiger partial charge in [0, 0.05) is 12.8 Å². The minimum absolute atomic E-state index is 0.0766. The number of rotatable bonds is 40. The minimum Gasteiger partial charge on any atom is -0.462 e. The SMILES string of the molecule is CCCCC/C=C\C/C=C\C/C=C\CCCCCCCCC(=O)OC(COC(=O)CCCCCCC/C=C\C/C=C\CCCCCC)COP(=O)(O)OC1C(O)C(O)C(O)C(O)C1O. The fourth-order valence-electron chi connectivity index (χ4n) is 7.09. The zero-order chi connectivity index (χ0) is 47.1. The predicted octanol–water partition coefficient (Wildman–Crippen LogP) is 10.1. The summed E-state index contributed by atoms with van der Waals surface area (Å²) in [5.74, 6) is -1.13. The molecule has 13 nitrogen and oxygen atoms in total. The van der Waals surface area contributed by atoms with E-state index in [0.717, 1.165) is 103 Å². The first-order valence-corrected chi connectivity index (χ1v) is 26.1. The van der Waals surface area contributed by atoms with Crippen LogP contribution in [0.1, 0.15) is 187 Å². The first kappa shape index (κ1) is 59.6. The summed E-state index contributed by atoms with van der Waals surface area (Å²) in [6, 6.07) is 0. The highest BCUT2D eigenvalue weighted by molar-refractivity contribution is 7.47. The smallest absolute Gasteiger partial charge is 0.462 e. The monoisotopic (exact) mass is 927 g/mol. The number of hydrogen-bond donors (Lipinski definition) is 6. The molecule has 6 N–H and O–H groups in total. The molecule has 0 aromatic rings. The van der Waals surface area contributed by atoms with Crippen molar-refractivity contribution in [1.82, 2.24) is 0 Å². The molecule has 0 aromatic heterocycles. The Kier molecular flexibility index (Phi) is 36.9. The Hall–Kier alpha value is -2.45. The number of phosphoric acid groups is 1. The Morgan fingerprint density at radius 3 is 1.31 bits per heavy atom. The van der Waals surface area contributed by atoms with Crippen molar-refractivity contribution in [2.75, 3.05) is 13.2 Å². The van der Waals surface area contributed by atoms with E-state index in [1.165, 1.54) is 44.9 Å². The van der Waals surface area contributed by atoms with Gasteiger partial charge in [-0.1, -0.05) is 152 Å². The third-order valence-corrected chi connectivity index (χ3v) is 12.1. The fourth-order valence-corrected chi connectivity index (χ4v) is 8.06. The van der Waals surface area contributed by atoms with Crippen molar-refractivity contribution in [3.05, 3.63) is 60.8 Å². The van der Waals surface area contributed by atoms with Gasteiger partial charge in [-0.05, 0) is 83.5 Å². The van der Waals surface area contributed by atoms with Crippen LogP contribution in [0.5, 0.6) is 0 Å². The molecule has 0 aliphatic heterocycles. The number of unbranched alkanes of at least 4 members (excludes halogenated alkanes) is 18. The van der Waals surface area contributed by atoms with Gasteiger partial charge < -0.3 is 39.9 Å². The number of hydrogen-bond acceptors (Lipinski definition) is 12. The largest absolute Gasteiger partial charge is 0.472 e. The number of aliphatic hydroxyl groups excluding tert-OH is 5. The van der Waals surface area contributed by atoms with E-state index in [-0.39, 0.29) is 12.8 Å². The number of aliphatic hydroxyl groups is 5. The third kappa shape index (κ3) is 31.5. The van der Waals surface area contributed by atoms with Crippen LogP contribution in [0.4, 0.5) is 0 Å². The summed E-state index contributed by atoms with van der Waals surface area (Å²) in [4.78, 5) is 35.8. The molecule has 64 heavy (non-hydrogen) atoms. The summed E-state index contributed by atoms with van der Waals surface area (Å²) in [6.07, 6.45) is 35.4. The number of ether oxygens (including phenoxy) is 2. The van der Waals surface area contributed by atoms with E-state index < -0.39 is 75.7 Å². The normalized spacial score (nSPS) is 22.1. The Balaban J connectivity index is 2.46. The van der Waals surface area contributed by atoms with Gasteiger partial charge in [0.15, 0.2) is 6.10 Å². The van der Waals surface area contributed by atoms with Crippen molar-refractivity contribution in [3.8, 4) is 0 Å². The van der Waals surface area contributed by atoms with Crippen molar-refractivity contribution in [3.63, 3.8) is 0 Å². The fraction of sp³-hybridized carbons (Fsp3) is 0.760. The van der Waals surface area contributed by atoms with Gasteiger partial charge in [0.2, 0.25) is 0 Å². The Labute approximate surface area is 385 Å². The molecule has 0 bridgehead atoms. The van der Waals surface area contributed by atoms with Crippen LogP contribution in [0.25, 0.3) is 0 Å². The molecular weight excluding hydrogens is 840 g/mol. The second-order valence-corrected chi connectivity index (χ2v) is 18.4. The number of phosphoric ester groups is 1. The summed E-state index contributed by atoms with van der Waals surface area (Å²) < 4.78 is 33.6. The molecule has 0 radical (unpaired) electrons. The van der Waals surface area contributed by atoms with Crippen LogP contribution < -0.4 is 0 Å². The zero-order valence-corrected chi connectivity index (χ0v) is 40.2. The van der Waals surface area contributed by atoms with E-state index in [4.69, 9.17) is 18.5 Å². The molecule has 0 saturated heterocycles. The summed E-state index contributed by atoms with van der Waals surface area (Å²) >= 11 is 0. The van der Waals surface area contributed by atoms with Crippen LogP contribution in [0.15, 0.2) is 60.8 Å². The maximum Gasteiger partial charge on any atom is 0.472 e. The summed E-state index contributed by atoms with van der Waals surface area (Å²) in [5.41, 5.74) is 0.